The second-order valence-corrected chi connectivity index (χ2v) is 4.65. The molecule has 0 radical (unpaired) electrons. The molecule has 0 heterocycles. The molecule has 1 aliphatic carbocycles. The minimum absolute atomic E-state index is 0.0769. The summed E-state index contributed by atoms with van der Waals surface area (Å²) in [5.74, 6) is 0.500. The van der Waals surface area contributed by atoms with Crippen molar-refractivity contribution >= 4 is 11.7 Å². The summed E-state index contributed by atoms with van der Waals surface area (Å²) in [5.41, 5.74) is 7.15. The first-order valence-electron chi connectivity index (χ1n) is 5.93. The normalized spacial score (nSPS) is 15.5. The average molecular weight is 247 g/mol. The lowest BCUT2D eigenvalue weighted by Crippen LogP contribution is -2.27. The number of hydrogen-bond acceptors (Lipinski definition) is 3. The highest BCUT2D eigenvalue weighted by Gasteiger charge is 2.31. The Balaban J connectivity index is 2.06. The van der Waals surface area contributed by atoms with E-state index in [0.717, 1.165) is 18.4 Å². The zero-order valence-electron chi connectivity index (χ0n) is 10.3. The quantitative estimate of drug-likeness (QED) is 0.362. The topological polar surface area (TPSA) is 78.9 Å². The van der Waals surface area contributed by atoms with Crippen molar-refractivity contribution in [1.82, 2.24) is 4.90 Å². The van der Waals surface area contributed by atoms with Crippen LogP contribution in [0.3, 0.4) is 0 Å². The fraction of sp³-hybridized carbons (Fsp3) is 0.385. The van der Waals surface area contributed by atoms with E-state index in [4.69, 9.17) is 10.9 Å². The summed E-state index contributed by atoms with van der Waals surface area (Å²) in [6.45, 7) is 0.544. The van der Waals surface area contributed by atoms with Crippen LogP contribution in [-0.2, 0) is 11.3 Å². The maximum absolute atomic E-state index is 11.8. The zero-order valence-corrected chi connectivity index (χ0v) is 10.3. The Hall–Kier alpha value is -2.04. The van der Waals surface area contributed by atoms with Gasteiger partial charge in [-0.25, -0.2) is 0 Å². The summed E-state index contributed by atoms with van der Waals surface area (Å²) in [4.78, 5) is 13.5. The molecule has 1 aliphatic rings. The van der Waals surface area contributed by atoms with E-state index in [1.807, 2.05) is 18.2 Å². The van der Waals surface area contributed by atoms with Gasteiger partial charge in [0.25, 0.3) is 0 Å². The molecule has 2 rings (SSSR count). The Morgan fingerprint density at radius 1 is 1.56 bits per heavy atom. The minimum Gasteiger partial charge on any atom is -0.409 e. The van der Waals surface area contributed by atoms with Gasteiger partial charge in [0.1, 0.15) is 0 Å². The minimum atomic E-state index is 0.0769. The second kappa shape index (κ2) is 5.08. The Morgan fingerprint density at radius 2 is 2.28 bits per heavy atom. The molecule has 0 atom stereocenters. The van der Waals surface area contributed by atoms with Gasteiger partial charge in [-0.2, -0.15) is 0 Å². The van der Waals surface area contributed by atoms with Gasteiger partial charge in [-0.15, -0.1) is 0 Å². The number of hydrogen-bond donors (Lipinski definition) is 2. The molecule has 18 heavy (non-hydrogen) atoms. The van der Waals surface area contributed by atoms with Crippen molar-refractivity contribution in [2.45, 2.75) is 19.4 Å². The van der Waals surface area contributed by atoms with Crippen molar-refractivity contribution in [3.05, 3.63) is 35.4 Å². The van der Waals surface area contributed by atoms with Gasteiger partial charge in [-0.05, 0) is 24.5 Å². The number of amidine groups is 1. The number of nitrogens with two attached hydrogens (primary N) is 1. The zero-order chi connectivity index (χ0) is 13.1. The molecule has 0 bridgehead atoms. The summed E-state index contributed by atoms with van der Waals surface area (Å²) in [6.07, 6.45) is 2.01. The highest BCUT2D eigenvalue weighted by atomic mass is 16.4. The Labute approximate surface area is 106 Å². The van der Waals surface area contributed by atoms with Gasteiger partial charge in [0.15, 0.2) is 5.84 Å². The molecule has 96 valence electrons. The van der Waals surface area contributed by atoms with Crippen LogP contribution in [0.1, 0.15) is 24.0 Å². The number of oxime groups is 1. The molecular formula is C13H17N3O2. The Morgan fingerprint density at radius 3 is 2.89 bits per heavy atom. The number of amides is 1. The van der Waals surface area contributed by atoms with Crippen LogP contribution in [0.4, 0.5) is 0 Å². The number of carbonyl (C=O) groups is 1. The molecule has 1 aromatic rings. The molecule has 1 amide bonds. The van der Waals surface area contributed by atoms with Crippen molar-refractivity contribution in [3.8, 4) is 0 Å². The molecule has 0 aromatic heterocycles. The average Bonchev–Trinajstić information content (AvgIpc) is 3.21. The molecule has 0 aliphatic heterocycles. The van der Waals surface area contributed by atoms with Crippen LogP contribution in [0, 0.1) is 5.92 Å². The SMILES string of the molecule is CN(Cc1cccc(C(N)=NO)c1)C(=O)C1CC1. The van der Waals surface area contributed by atoms with Crippen molar-refractivity contribution in [2.75, 3.05) is 7.05 Å². The van der Waals surface area contributed by atoms with Crippen LogP contribution in [0.2, 0.25) is 0 Å². The van der Waals surface area contributed by atoms with Crippen LogP contribution in [0.5, 0.6) is 0 Å². The summed E-state index contributed by atoms with van der Waals surface area (Å²) in [6, 6.07) is 7.34. The molecule has 5 nitrogen and oxygen atoms in total. The third kappa shape index (κ3) is 2.80. The number of rotatable bonds is 4. The van der Waals surface area contributed by atoms with Crippen molar-refractivity contribution in [2.24, 2.45) is 16.8 Å². The van der Waals surface area contributed by atoms with Gasteiger partial charge in [-0.3, -0.25) is 4.79 Å². The van der Waals surface area contributed by atoms with Crippen LogP contribution < -0.4 is 5.73 Å². The lowest BCUT2D eigenvalue weighted by molar-refractivity contribution is -0.131. The van der Waals surface area contributed by atoms with Gasteiger partial charge in [0, 0.05) is 25.1 Å². The predicted molar refractivity (Wildman–Crippen MR) is 68.2 cm³/mol. The number of benzene rings is 1. The molecule has 1 fully saturated rings. The third-order valence-electron chi connectivity index (χ3n) is 3.05. The maximum Gasteiger partial charge on any atom is 0.225 e. The summed E-state index contributed by atoms with van der Waals surface area (Å²) >= 11 is 0. The van der Waals surface area contributed by atoms with Crippen LogP contribution in [0.15, 0.2) is 29.4 Å². The van der Waals surface area contributed by atoms with Gasteiger partial charge in [0.05, 0.1) is 0 Å². The first-order valence-corrected chi connectivity index (χ1v) is 5.93. The van der Waals surface area contributed by atoms with E-state index in [-0.39, 0.29) is 17.7 Å². The molecule has 0 spiro atoms. The van der Waals surface area contributed by atoms with E-state index in [9.17, 15) is 4.79 Å². The Kier molecular flexibility index (Phi) is 3.50. The highest BCUT2D eigenvalue weighted by molar-refractivity contribution is 5.97. The summed E-state index contributed by atoms with van der Waals surface area (Å²) < 4.78 is 0. The smallest absolute Gasteiger partial charge is 0.225 e. The van der Waals surface area contributed by atoms with Crippen molar-refractivity contribution < 1.29 is 10.0 Å². The fourth-order valence-corrected chi connectivity index (χ4v) is 1.88. The first-order chi connectivity index (χ1) is 8.61. The van der Waals surface area contributed by atoms with Crippen molar-refractivity contribution in [1.29, 1.82) is 0 Å². The summed E-state index contributed by atoms with van der Waals surface area (Å²) in [7, 11) is 1.80. The molecule has 5 heteroatoms. The molecule has 0 unspecified atom stereocenters. The van der Waals surface area contributed by atoms with E-state index < -0.39 is 0 Å². The second-order valence-electron chi connectivity index (χ2n) is 4.65. The summed E-state index contributed by atoms with van der Waals surface area (Å²) in [5, 5.41) is 11.6. The Bertz CT molecular complexity index is 481. The van der Waals surface area contributed by atoms with E-state index in [1.54, 1.807) is 18.0 Å². The van der Waals surface area contributed by atoms with Gasteiger partial charge in [0.2, 0.25) is 5.91 Å². The lowest BCUT2D eigenvalue weighted by Gasteiger charge is -2.17. The lowest BCUT2D eigenvalue weighted by atomic mass is 10.1. The first kappa shape index (κ1) is 12.4. The maximum atomic E-state index is 11.8. The van der Waals surface area contributed by atoms with E-state index in [2.05, 4.69) is 5.16 Å². The van der Waals surface area contributed by atoms with E-state index in [1.165, 1.54) is 0 Å². The van der Waals surface area contributed by atoms with E-state index >= 15 is 0 Å². The van der Waals surface area contributed by atoms with Crippen LogP contribution in [0.25, 0.3) is 0 Å². The molecule has 1 aromatic carbocycles. The predicted octanol–water partition coefficient (Wildman–Crippen LogP) is 1.15. The fourth-order valence-electron chi connectivity index (χ4n) is 1.88. The van der Waals surface area contributed by atoms with Gasteiger partial charge < -0.3 is 15.8 Å². The number of nitrogens with zero attached hydrogens (tertiary/aromatic N) is 2. The van der Waals surface area contributed by atoms with Crippen molar-refractivity contribution in [3.63, 3.8) is 0 Å². The molecule has 3 N–H and O–H groups in total. The van der Waals surface area contributed by atoms with Crippen LogP contribution in [-0.4, -0.2) is 28.9 Å². The monoisotopic (exact) mass is 247 g/mol. The molecule has 0 saturated heterocycles. The third-order valence-corrected chi connectivity index (χ3v) is 3.05. The molecular weight excluding hydrogens is 230 g/mol. The van der Waals surface area contributed by atoms with Crippen LogP contribution >= 0.6 is 0 Å². The van der Waals surface area contributed by atoms with Gasteiger partial charge >= 0.3 is 0 Å². The van der Waals surface area contributed by atoms with Gasteiger partial charge in [-0.1, -0.05) is 23.4 Å². The molecule has 1 saturated carbocycles. The highest BCUT2D eigenvalue weighted by Crippen LogP contribution is 2.30. The van der Waals surface area contributed by atoms with E-state index in [0.29, 0.717) is 12.1 Å². The largest absolute Gasteiger partial charge is 0.409 e. The standard InChI is InChI=1S/C13H17N3O2/c1-16(13(17)10-5-6-10)8-9-3-2-4-11(7-9)12(14)15-18/h2-4,7,10,18H,5-6,8H2,1H3,(H2,14,15). The number of carbonyl (C=O) groups excluding carboxylic acids is 1.